The number of ether oxygens (including phenoxy) is 1. The molecule has 1 amide bonds. The highest BCUT2D eigenvalue weighted by molar-refractivity contribution is 5.97. The van der Waals surface area contributed by atoms with Crippen LogP contribution < -0.4 is 15.4 Å². The van der Waals surface area contributed by atoms with Crippen LogP contribution in [-0.4, -0.2) is 18.0 Å². The highest BCUT2D eigenvalue weighted by Crippen LogP contribution is 2.11. The van der Waals surface area contributed by atoms with Gasteiger partial charge in [-0.1, -0.05) is 18.2 Å². The van der Waals surface area contributed by atoms with E-state index < -0.39 is 5.91 Å². The lowest BCUT2D eigenvalue weighted by Crippen LogP contribution is -2.25. The van der Waals surface area contributed by atoms with Crippen molar-refractivity contribution in [2.45, 2.75) is 13.1 Å². The van der Waals surface area contributed by atoms with Gasteiger partial charge in [-0.25, -0.2) is 0 Å². The maximum atomic E-state index is 12.0. The second kappa shape index (κ2) is 8.96. The molecule has 0 fully saturated rings. The molecule has 0 aliphatic rings. The van der Waals surface area contributed by atoms with Crippen molar-refractivity contribution < 1.29 is 9.53 Å². The first-order valence-electron chi connectivity index (χ1n) is 7.36. The van der Waals surface area contributed by atoms with Crippen molar-refractivity contribution in [1.29, 1.82) is 5.26 Å². The van der Waals surface area contributed by atoms with Crippen LogP contribution in [0.4, 0.5) is 0 Å². The predicted octanol–water partition coefficient (Wildman–Crippen LogP) is 1.90. The molecule has 0 atom stereocenters. The fourth-order valence-corrected chi connectivity index (χ4v) is 1.94. The third kappa shape index (κ3) is 5.14. The Morgan fingerprint density at radius 3 is 2.67 bits per heavy atom. The number of benzene rings is 1. The van der Waals surface area contributed by atoms with E-state index in [1.165, 1.54) is 6.20 Å². The summed E-state index contributed by atoms with van der Waals surface area (Å²) >= 11 is 0. The van der Waals surface area contributed by atoms with Crippen LogP contribution in [0.2, 0.25) is 0 Å². The molecule has 6 nitrogen and oxygen atoms in total. The lowest BCUT2D eigenvalue weighted by atomic mass is 10.2. The molecule has 0 unspecified atom stereocenters. The number of nitriles is 1. The van der Waals surface area contributed by atoms with E-state index in [0.29, 0.717) is 13.1 Å². The lowest BCUT2D eigenvalue weighted by Gasteiger charge is -2.06. The van der Waals surface area contributed by atoms with E-state index in [4.69, 9.17) is 10.00 Å². The van der Waals surface area contributed by atoms with E-state index in [1.807, 2.05) is 42.5 Å². The van der Waals surface area contributed by atoms with Gasteiger partial charge in [0.1, 0.15) is 17.4 Å². The molecule has 2 N–H and O–H groups in total. The van der Waals surface area contributed by atoms with Gasteiger partial charge in [-0.15, -0.1) is 0 Å². The molecule has 122 valence electrons. The molecule has 2 aromatic rings. The van der Waals surface area contributed by atoms with E-state index in [0.717, 1.165) is 16.9 Å². The summed E-state index contributed by atoms with van der Waals surface area (Å²) in [6, 6.07) is 13.0. The van der Waals surface area contributed by atoms with Gasteiger partial charge in [-0.05, 0) is 29.3 Å². The summed E-state index contributed by atoms with van der Waals surface area (Å²) in [5.74, 6) is 0.328. The number of rotatable bonds is 7. The van der Waals surface area contributed by atoms with Gasteiger partial charge in [-0.3, -0.25) is 9.78 Å². The number of carbonyl (C=O) groups is 1. The molecule has 0 aliphatic heterocycles. The number of nitrogens with zero attached hydrogens (tertiary/aromatic N) is 2. The zero-order valence-corrected chi connectivity index (χ0v) is 13.3. The van der Waals surface area contributed by atoms with Crippen LogP contribution in [0.3, 0.4) is 0 Å². The van der Waals surface area contributed by atoms with Gasteiger partial charge in [0.15, 0.2) is 0 Å². The number of amides is 1. The molecule has 0 saturated carbocycles. The first-order chi connectivity index (χ1) is 11.7. The number of methoxy groups -OCH3 is 1. The maximum absolute atomic E-state index is 12.0. The fourth-order valence-electron chi connectivity index (χ4n) is 1.94. The summed E-state index contributed by atoms with van der Waals surface area (Å²) in [6.45, 7) is 0.829. The molecule has 1 aromatic heterocycles. The van der Waals surface area contributed by atoms with Crippen molar-refractivity contribution in [2.75, 3.05) is 7.11 Å². The molecule has 0 spiro atoms. The molecule has 0 bridgehead atoms. The van der Waals surface area contributed by atoms with Crippen molar-refractivity contribution in [1.82, 2.24) is 15.6 Å². The Morgan fingerprint density at radius 1 is 1.25 bits per heavy atom. The molecule has 0 aliphatic carbocycles. The number of aromatic nitrogens is 1. The van der Waals surface area contributed by atoms with E-state index in [9.17, 15) is 4.79 Å². The largest absolute Gasteiger partial charge is 0.497 e. The second-order valence-corrected chi connectivity index (χ2v) is 4.94. The number of hydrogen-bond donors (Lipinski definition) is 2. The van der Waals surface area contributed by atoms with Gasteiger partial charge in [0.25, 0.3) is 5.91 Å². The minimum Gasteiger partial charge on any atom is -0.497 e. The summed E-state index contributed by atoms with van der Waals surface area (Å²) in [6.07, 6.45) is 4.82. The third-order valence-electron chi connectivity index (χ3n) is 3.25. The Hall–Kier alpha value is -3.33. The van der Waals surface area contributed by atoms with Crippen molar-refractivity contribution in [3.8, 4) is 11.8 Å². The van der Waals surface area contributed by atoms with Crippen LogP contribution in [0.25, 0.3) is 0 Å². The third-order valence-corrected chi connectivity index (χ3v) is 3.25. The van der Waals surface area contributed by atoms with Crippen LogP contribution in [0.5, 0.6) is 5.75 Å². The summed E-state index contributed by atoms with van der Waals surface area (Å²) in [4.78, 5) is 16.0. The SMILES string of the molecule is COc1ccc(CNC(=O)/C(C#N)=C\NCc2cccnc2)cc1. The first kappa shape index (κ1) is 17.0. The summed E-state index contributed by atoms with van der Waals surface area (Å²) in [5.41, 5.74) is 1.90. The van der Waals surface area contributed by atoms with E-state index in [1.54, 1.807) is 19.5 Å². The average Bonchev–Trinajstić information content (AvgIpc) is 2.64. The number of nitrogens with one attached hydrogen (secondary N) is 2. The fraction of sp³-hybridized carbons (Fsp3) is 0.167. The second-order valence-electron chi connectivity index (χ2n) is 4.94. The first-order valence-corrected chi connectivity index (χ1v) is 7.36. The van der Waals surface area contributed by atoms with E-state index >= 15 is 0 Å². The summed E-state index contributed by atoms with van der Waals surface area (Å²) < 4.78 is 5.08. The molecule has 6 heteroatoms. The van der Waals surface area contributed by atoms with Crippen LogP contribution in [0, 0.1) is 11.3 Å². The van der Waals surface area contributed by atoms with Crippen molar-refractivity contribution in [3.05, 3.63) is 71.7 Å². The van der Waals surface area contributed by atoms with Crippen molar-refractivity contribution in [3.63, 3.8) is 0 Å². The Labute approximate surface area is 140 Å². The van der Waals surface area contributed by atoms with Gasteiger partial charge in [-0.2, -0.15) is 5.26 Å². The quantitative estimate of drug-likeness (QED) is 0.600. The number of pyridine rings is 1. The molecule has 1 heterocycles. The topological polar surface area (TPSA) is 87.0 Å². The van der Waals surface area contributed by atoms with Gasteiger partial charge in [0, 0.05) is 31.7 Å². The smallest absolute Gasteiger partial charge is 0.263 e. The van der Waals surface area contributed by atoms with Crippen LogP contribution in [0.15, 0.2) is 60.6 Å². The Morgan fingerprint density at radius 2 is 2.04 bits per heavy atom. The number of carbonyl (C=O) groups excluding carboxylic acids is 1. The Balaban J connectivity index is 1.86. The van der Waals surface area contributed by atoms with Gasteiger partial charge < -0.3 is 15.4 Å². The van der Waals surface area contributed by atoms with E-state index in [2.05, 4.69) is 15.6 Å². The number of hydrogen-bond acceptors (Lipinski definition) is 5. The Bertz CT molecular complexity index is 734. The normalized spacial score (nSPS) is 10.6. The molecule has 24 heavy (non-hydrogen) atoms. The Kier molecular flexibility index (Phi) is 6.35. The average molecular weight is 322 g/mol. The molecule has 0 radical (unpaired) electrons. The van der Waals surface area contributed by atoms with Crippen LogP contribution in [0.1, 0.15) is 11.1 Å². The lowest BCUT2D eigenvalue weighted by molar-refractivity contribution is -0.117. The standard InChI is InChI=1S/C18H18N4O2/c1-24-17-6-4-14(5-7-17)12-22-18(23)16(9-19)13-21-11-15-3-2-8-20-10-15/h2-8,10,13,21H,11-12H2,1H3,(H,22,23)/b16-13-. The summed E-state index contributed by atoms with van der Waals surface area (Å²) in [5, 5.41) is 14.8. The van der Waals surface area contributed by atoms with Gasteiger partial charge in [0.2, 0.25) is 0 Å². The monoisotopic (exact) mass is 322 g/mol. The van der Waals surface area contributed by atoms with Gasteiger partial charge in [0.05, 0.1) is 7.11 Å². The predicted molar refractivity (Wildman–Crippen MR) is 89.6 cm³/mol. The molecule has 2 rings (SSSR count). The van der Waals surface area contributed by atoms with Crippen molar-refractivity contribution in [2.24, 2.45) is 0 Å². The van der Waals surface area contributed by atoms with Gasteiger partial charge >= 0.3 is 0 Å². The maximum Gasteiger partial charge on any atom is 0.263 e. The highest BCUT2D eigenvalue weighted by Gasteiger charge is 2.08. The molecule has 1 aromatic carbocycles. The molecular weight excluding hydrogens is 304 g/mol. The molecule has 0 saturated heterocycles. The van der Waals surface area contributed by atoms with Crippen LogP contribution in [-0.2, 0) is 17.9 Å². The zero-order valence-electron chi connectivity index (χ0n) is 13.3. The minimum absolute atomic E-state index is 0.0207. The summed E-state index contributed by atoms with van der Waals surface area (Å²) in [7, 11) is 1.60. The minimum atomic E-state index is -0.424. The highest BCUT2D eigenvalue weighted by atomic mass is 16.5. The van der Waals surface area contributed by atoms with Crippen LogP contribution >= 0.6 is 0 Å². The van der Waals surface area contributed by atoms with Crippen molar-refractivity contribution >= 4 is 5.91 Å². The van der Waals surface area contributed by atoms with E-state index in [-0.39, 0.29) is 5.57 Å². The zero-order chi connectivity index (χ0) is 17.2. The molecular formula is C18H18N4O2.